The number of rotatable bonds is 6. The second-order valence-electron chi connectivity index (χ2n) is 12.7. The van der Waals surface area contributed by atoms with Crippen LogP contribution in [0.4, 0.5) is 0 Å². The molecule has 4 aromatic carbocycles. The third kappa shape index (κ3) is 5.83. The fraction of sp³-hybridized carbons (Fsp3) is 0.0217. The van der Waals surface area contributed by atoms with Gasteiger partial charge in [-0.05, 0) is 88.1 Å². The molecule has 2 N–H and O–H groups in total. The van der Waals surface area contributed by atoms with Crippen LogP contribution < -0.4 is 0 Å². The molecule has 246 valence electrons. The molecule has 0 fully saturated rings. The van der Waals surface area contributed by atoms with Crippen molar-refractivity contribution in [3.05, 3.63) is 168 Å². The SMILES string of the molecule is N#CSCc1cccc(-c2c3nc(c(-c4ccccc4)c4ccc([nH]4)c(-c4ccccc4)c4nc(c(-c5ccccc5)c5ccc2[nH]5)C=C4)C=C3)c1. The molecular formula is C46H31N5S. The number of nitriles is 1. The van der Waals surface area contributed by atoms with Crippen LogP contribution in [0.3, 0.4) is 0 Å². The topological polar surface area (TPSA) is 81.2 Å². The average Bonchev–Trinajstić information content (AvgIpc) is 4.03. The van der Waals surface area contributed by atoms with Gasteiger partial charge in [-0.1, -0.05) is 115 Å². The van der Waals surface area contributed by atoms with Gasteiger partial charge in [0.25, 0.3) is 0 Å². The molecular weight excluding hydrogens is 655 g/mol. The van der Waals surface area contributed by atoms with Crippen LogP contribution in [0.15, 0.2) is 140 Å². The standard InChI is InChI=1S/C46H31N5S/c47-29-52-28-30-11-10-18-34(27-30)46-41-25-23-39(50-41)44(32-14-6-2-7-15-32)37-21-19-35(48-37)43(31-12-4-1-5-13-31)36-20-22-38(49-36)45(33-16-8-3-9-17-33)40-24-26-42(46)51-40/h1-27,48,51H,28H2. The zero-order valence-electron chi connectivity index (χ0n) is 28.0. The largest absolute Gasteiger partial charge is 0.354 e. The van der Waals surface area contributed by atoms with Crippen LogP contribution in [-0.2, 0) is 5.75 Å². The predicted molar refractivity (Wildman–Crippen MR) is 218 cm³/mol. The molecule has 0 aliphatic carbocycles. The zero-order valence-corrected chi connectivity index (χ0v) is 28.9. The first-order chi connectivity index (χ1) is 25.7. The van der Waals surface area contributed by atoms with E-state index in [1.807, 2.05) is 18.2 Å². The lowest BCUT2D eigenvalue weighted by molar-refractivity contribution is 1.31. The molecule has 5 nitrogen and oxygen atoms in total. The molecule has 2 aliphatic heterocycles. The highest BCUT2D eigenvalue weighted by atomic mass is 32.2. The second kappa shape index (κ2) is 13.6. The van der Waals surface area contributed by atoms with Crippen LogP contribution in [-0.4, -0.2) is 19.9 Å². The summed E-state index contributed by atoms with van der Waals surface area (Å²) in [4.78, 5) is 18.4. The lowest BCUT2D eigenvalue weighted by Gasteiger charge is -2.08. The molecule has 7 aromatic rings. The van der Waals surface area contributed by atoms with Gasteiger partial charge in [0.2, 0.25) is 0 Å². The Balaban J connectivity index is 1.45. The van der Waals surface area contributed by atoms with Crippen molar-refractivity contribution in [1.29, 1.82) is 5.26 Å². The minimum atomic E-state index is 0.604. The van der Waals surface area contributed by atoms with E-state index in [9.17, 15) is 5.26 Å². The maximum Gasteiger partial charge on any atom is 0.133 e. The summed E-state index contributed by atoms with van der Waals surface area (Å²) in [6.45, 7) is 0. The number of aromatic amines is 2. The molecule has 0 spiro atoms. The van der Waals surface area contributed by atoms with Crippen molar-refractivity contribution in [1.82, 2.24) is 19.9 Å². The van der Waals surface area contributed by atoms with E-state index in [4.69, 9.17) is 9.97 Å². The maximum atomic E-state index is 9.29. The zero-order chi connectivity index (χ0) is 34.9. The molecule has 6 heteroatoms. The molecule has 0 unspecified atom stereocenters. The number of thiocyanates is 1. The van der Waals surface area contributed by atoms with E-state index in [1.165, 1.54) is 11.8 Å². The first kappa shape index (κ1) is 31.3. The summed E-state index contributed by atoms with van der Waals surface area (Å²) in [6.07, 6.45) is 8.47. The van der Waals surface area contributed by atoms with Crippen LogP contribution in [0.1, 0.15) is 28.3 Å². The monoisotopic (exact) mass is 685 g/mol. The number of aromatic nitrogens is 4. The molecule has 0 amide bonds. The van der Waals surface area contributed by atoms with Crippen LogP contribution in [0, 0.1) is 10.7 Å². The molecule has 0 radical (unpaired) electrons. The normalized spacial score (nSPS) is 11.8. The van der Waals surface area contributed by atoms with E-state index in [1.54, 1.807) is 0 Å². The van der Waals surface area contributed by atoms with Crippen molar-refractivity contribution in [3.8, 4) is 49.9 Å². The molecule has 8 bridgehead atoms. The number of benzene rings is 4. The summed E-state index contributed by atoms with van der Waals surface area (Å²) < 4.78 is 0. The van der Waals surface area contributed by atoms with Gasteiger partial charge in [0.05, 0.1) is 22.8 Å². The lowest BCUT2D eigenvalue weighted by Crippen LogP contribution is -1.90. The summed E-state index contributed by atoms with van der Waals surface area (Å²) in [5.41, 5.74) is 16.7. The Bertz CT molecular complexity index is 2700. The van der Waals surface area contributed by atoms with Gasteiger partial charge in [0.1, 0.15) is 5.40 Å². The molecule has 52 heavy (non-hydrogen) atoms. The molecule has 9 rings (SSSR count). The molecule has 0 atom stereocenters. The molecule has 5 heterocycles. The van der Waals surface area contributed by atoms with Crippen molar-refractivity contribution >= 4 is 58.1 Å². The first-order valence-electron chi connectivity index (χ1n) is 17.2. The van der Waals surface area contributed by atoms with Gasteiger partial charge in [0.15, 0.2) is 0 Å². The quantitative estimate of drug-likeness (QED) is 0.171. The van der Waals surface area contributed by atoms with Gasteiger partial charge in [0, 0.05) is 50.1 Å². The van der Waals surface area contributed by atoms with Gasteiger partial charge in [-0.25, -0.2) is 9.97 Å². The number of nitrogens with zero attached hydrogens (tertiary/aromatic N) is 3. The number of hydrogen-bond acceptors (Lipinski definition) is 4. The highest BCUT2D eigenvalue weighted by Crippen LogP contribution is 2.38. The van der Waals surface area contributed by atoms with Crippen molar-refractivity contribution in [3.63, 3.8) is 0 Å². The van der Waals surface area contributed by atoms with Crippen molar-refractivity contribution in [2.45, 2.75) is 5.75 Å². The molecule has 0 saturated heterocycles. The van der Waals surface area contributed by atoms with E-state index in [-0.39, 0.29) is 0 Å². The van der Waals surface area contributed by atoms with Gasteiger partial charge in [-0.15, -0.1) is 0 Å². The Morgan fingerprint density at radius 2 is 0.808 bits per heavy atom. The van der Waals surface area contributed by atoms with Crippen molar-refractivity contribution in [2.24, 2.45) is 0 Å². The van der Waals surface area contributed by atoms with Gasteiger partial charge in [-0.2, -0.15) is 5.26 Å². The Hall–Kier alpha value is -6.68. The first-order valence-corrected chi connectivity index (χ1v) is 18.1. The minimum Gasteiger partial charge on any atom is -0.354 e. The van der Waals surface area contributed by atoms with Crippen LogP contribution in [0.2, 0.25) is 0 Å². The summed E-state index contributed by atoms with van der Waals surface area (Å²) >= 11 is 1.24. The van der Waals surface area contributed by atoms with Crippen LogP contribution in [0.5, 0.6) is 0 Å². The maximum absolute atomic E-state index is 9.29. The summed E-state index contributed by atoms with van der Waals surface area (Å²) in [5, 5.41) is 11.5. The van der Waals surface area contributed by atoms with E-state index in [2.05, 4.69) is 161 Å². The van der Waals surface area contributed by atoms with E-state index < -0.39 is 0 Å². The summed E-state index contributed by atoms with van der Waals surface area (Å²) in [6, 6.07) is 48.3. The van der Waals surface area contributed by atoms with Crippen molar-refractivity contribution in [2.75, 3.05) is 0 Å². The van der Waals surface area contributed by atoms with Gasteiger partial charge >= 0.3 is 0 Å². The highest BCUT2D eigenvalue weighted by molar-refractivity contribution is 8.02. The van der Waals surface area contributed by atoms with Crippen LogP contribution in [0.25, 0.3) is 90.9 Å². The predicted octanol–water partition coefficient (Wildman–Crippen LogP) is 12.0. The highest BCUT2D eigenvalue weighted by Gasteiger charge is 2.19. The Morgan fingerprint density at radius 3 is 1.19 bits per heavy atom. The minimum absolute atomic E-state index is 0.604. The number of thioether (sulfide) groups is 1. The fourth-order valence-corrected chi connectivity index (χ4v) is 7.58. The molecule has 2 aliphatic rings. The Labute approximate surface area is 305 Å². The van der Waals surface area contributed by atoms with Crippen molar-refractivity contribution < 1.29 is 0 Å². The number of hydrogen-bond donors (Lipinski definition) is 2. The van der Waals surface area contributed by atoms with Crippen LogP contribution >= 0.6 is 11.8 Å². The van der Waals surface area contributed by atoms with Gasteiger partial charge in [-0.3, -0.25) is 0 Å². The van der Waals surface area contributed by atoms with E-state index >= 15 is 0 Å². The average molecular weight is 686 g/mol. The molecule has 3 aromatic heterocycles. The number of nitrogens with one attached hydrogen (secondary N) is 2. The van der Waals surface area contributed by atoms with E-state index in [0.717, 1.165) is 94.9 Å². The number of H-pyrrole nitrogens is 2. The third-order valence-electron chi connectivity index (χ3n) is 9.46. The lowest BCUT2D eigenvalue weighted by atomic mass is 10.0. The second-order valence-corrected chi connectivity index (χ2v) is 13.4. The molecule has 0 saturated carbocycles. The number of fused-ring (bicyclic) bond motifs is 8. The smallest absolute Gasteiger partial charge is 0.133 e. The third-order valence-corrected chi connectivity index (χ3v) is 10.1. The Kier molecular flexibility index (Phi) is 8.16. The summed E-state index contributed by atoms with van der Waals surface area (Å²) in [7, 11) is 0. The van der Waals surface area contributed by atoms with E-state index in [0.29, 0.717) is 5.75 Å². The van der Waals surface area contributed by atoms with Gasteiger partial charge < -0.3 is 9.97 Å². The summed E-state index contributed by atoms with van der Waals surface area (Å²) in [5.74, 6) is 0.604. The Morgan fingerprint density at radius 1 is 0.442 bits per heavy atom. The fourth-order valence-electron chi connectivity index (χ4n) is 7.17.